The van der Waals surface area contributed by atoms with E-state index in [2.05, 4.69) is 155 Å². The molecule has 10 aromatic rings. The number of pyridine rings is 3. The zero-order valence-corrected chi connectivity index (χ0v) is 31.3. The molecule has 0 amide bonds. The topological polar surface area (TPSA) is 60.9 Å². The Morgan fingerprint density at radius 3 is 1.63 bits per heavy atom. The van der Waals surface area contributed by atoms with Crippen LogP contribution in [-0.4, -0.2) is 29.8 Å². The van der Waals surface area contributed by atoms with Crippen molar-refractivity contribution in [2.75, 3.05) is 0 Å². The zero-order valence-electron chi connectivity index (χ0n) is 31.3. The molecule has 5 aromatic carbocycles. The molecule has 5 aromatic heterocycles. The number of aromatic nitrogens is 5. The summed E-state index contributed by atoms with van der Waals surface area (Å²) in [7, 11) is 0. The van der Waals surface area contributed by atoms with Crippen LogP contribution in [0.2, 0.25) is 0 Å². The molecule has 1 atom stereocenters. The average Bonchev–Trinajstić information content (AvgIpc) is 3.79. The highest BCUT2D eigenvalue weighted by Crippen LogP contribution is 2.39. The second-order valence-corrected chi connectivity index (χ2v) is 14.7. The molecule has 0 radical (unpaired) electrons. The SMILES string of the molecule is CC1CC=CN=C1c1ccccc1-c1ccc2c(c1)c1ncccc1n2-c1cccc(-n2c3ccc(-c4ccccc4-c4ccccn4)cc3c3ncccc32)c1. The van der Waals surface area contributed by atoms with E-state index in [4.69, 9.17) is 15.0 Å². The molecule has 0 aliphatic carbocycles. The number of rotatable bonds is 6. The lowest BCUT2D eigenvalue weighted by atomic mass is 9.88. The Morgan fingerprint density at radius 1 is 0.474 bits per heavy atom. The molecule has 1 aliphatic rings. The van der Waals surface area contributed by atoms with E-state index in [0.717, 1.165) is 95.3 Å². The van der Waals surface area contributed by atoms with Gasteiger partial charge in [0.25, 0.3) is 0 Å². The van der Waals surface area contributed by atoms with E-state index in [1.54, 1.807) is 0 Å². The summed E-state index contributed by atoms with van der Waals surface area (Å²) >= 11 is 0. The van der Waals surface area contributed by atoms with Gasteiger partial charge in [-0.1, -0.05) is 85.8 Å². The van der Waals surface area contributed by atoms with E-state index >= 15 is 0 Å². The Morgan fingerprint density at radius 2 is 1.04 bits per heavy atom. The van der Waals surface area contributed by atoms with E-state index in [1.165, 1.54) is 11.1 Å². The Labute approximate surface area is 329 Å². The molecule has 0 bridgehead atoms. The van der Waals surface area contributed by atoms with Gasteiger partial charge < -0.3 is 9.13 Å². The van der Waals surface area contributed by atoms with E-state index < -0.39 is 0 Å². The first-order valence-corrected chi connectivity index (χ1v) is 19.4. The van der Waals surface area contributed by atoms with Crippen molar-refractivity contribution in [3.05, 3.63) is 188 Å². The molecule has 6 nitrogen and oxygen atoms in total. The van der Waals surface area contributed by atoms with Crippen molar-refractivity contribution in [1.29, 1.82) is 0 Å². The third kappa shape index (κ3) is 5.40. The highest BCUT2D eigenvalue weighted by atomic mass is 15.0. The summed E-state index contributed by atoms with van der Waals surface area (Å²) in [5, 5.41) is 2.21. The number of fused-ring (bicyclic) bond motifs is 6. The molecule has 270 valence electrons. The Bertz CT molecular complexity index is 3240. The standard InChI is InChI=1S/C51H36N6/c1-33-12-9-27-53-49(33)41-18-5-3-16-39(41)35-23-25-46-43(31-35)51-48(21-11-29-55-51)57(46)37-14-8-13-36(32-37)56-45-24-22-34(30-42(45)50-47(56)20-10-28-54-50)38-15-2-4-17-40(38)44-19-6-7-26-52-44/h2-11,13-33H,12H2,1H3. The minimum atomic E-state index is 0.358. The fourth-order valence-corrected chi connectivity index (χ4v) is 8.74. The van der Waals surface area contributed by atoms with Crippen LogP contribution in [0.5, 0.6) is 0 Å². The maximum absolute atomic E-state index is 4.96. The summed E-state index contributed by atoms with van der Waals surface area (Å²) in [5.41, 5.74) is 17.3. The lowest BCUT2D eigenvalue weighted by Crippen LogP contribution is -2.15. The predicted octanol–water partition coefficient (Wildman–Crippen LogP) is 12.4. The highest BCUT2D eigenvalue weighted by molar-refractivity contribution is 6.12. The molecular weight excluding hydrogens is 697 g/mol. The summed E-state index contributed by atoms with van der Waals surface area (Å²) in [6, 6.07) is 53.9. The van der Waals surface area contributed by atoms with Crippen molar-refractivity contribution in [2.24, 2.45) is 10.9 Å². The van der Waals surface area contributed by atoms with Crippen LogP contribution < -0.4 is 0 Å². The average molecular weight is 733 g/mol. The van der Waals surface area contributed by atoms with Gasteiger partial charge in [-0.05, 0) is 108 Å². The van der Waals surface area contributed by atoms with E-state index in [-0.39, 0.29) is 0 Å². The lowest BCUT2D eigenvalue weighted by Gasteiger charge is -2.19. The number of benzene rings is 5. The van der Waals surface area contributed by atoms with Crippen molar-refractivity contribution < 1.29 is 0 Å². The fourth-order valence-electron chi connectivity index (χ4n) is 8.74. The summed E-state index contributed by atoms with van der Waals surface area (Å²) in [5.74, 6) is 0.358. The molecule has 57 heavy (non-hydrogen) atoms. The van der Waals surface area contributed by atoms with Crippen molar-refractivity contribution in [3.63, 3.8) is 0 Å². The van der Waals surface area contributed by atoms with Gasteiger partial charge in [0.2, 0.25) is 0 Å². The van der Waals surface area contributed by atoms with Crippen LogP contribution in [0.15, 0.2) is 188 Å². The second-order valence-electron chi connectivity index (χ2n) is 14.7. The molecular formula is C51H36N6. The van der Waals surface area contributed by atoms with Gasteiger partial charge in [0, 0.05) is 64.0 Å². The number of nitrogens with zero attached hydrogens (tertiary/aromatic N) is 6. The van der Waals surface area contributed by atoms with Gasteiger partial charge in [-0.3, -0.25) is 19.9 Å². The number of aliphatic imine (C=N–C) groups is 1. The molecule has 1 aliphatic heterocycles. The van der Waals surface area contributed by atoms with E-state index in [0.29, 0.717) is 5.92 Å². The zero-order chi connectivity index (χ0) is 37.9. The Kier molecular flexibility index (Phi) is 7.74. The largest absolute Gasteiger partial charge is 0.308 e. The van der Waals surface area contributed by atoms with Gasteiger partial charge in [-0.2, -0.15) is 0 Å². The predicted molar refractivity (Wildman–Crippen MR) is 234 cm³/mol. The normalized spacial score (nSPS) is 14.2. The van der Waals surface area contributed by atoms with Crippen molar-refractivity contribution >= 4 is 49.6 Å². The van der Waals surface area contributed by atoms with E-state index in [9.17, 15) is 0 Å². The summed E-state index contributed by atoms with van der Waals surface area (Å²) in [6.45, 7) is 2.26. The number of hydrogen-bond acceptors (Lipinski definition) is 4. The van der Waals surface area contributed by atoms with Crippen LogP contribution in [0.25, 0.3) is 88.8 Å². The molecule has 0 saturated heterocycles. The molecule has 11 rings (SSSR count). The van der Waals surface area contributed by atoms with Gasteiger partial charge in [-0.25, -0.2) is 0 Å². The van der Waals surface area contributed by atoms with Gasteiger partial charge >= 0.3 is 0 Å². The summed E-state index contributed by atoms with van der Waals surface area (Å²) < 4.78 is 4.68. The van der Waals surface area contributed by atoms with Crippen LogP contribution in [-0.2, 0) is 0 Å². The molecule has 6 heteroatoms. The molecule has 1 unspecified atom stereocenters. The molecule has 0 fully saturated rings. The van der Waals surface area contributed by atoms with E-state index in [1.807, 2.05) is 49.1 Å². The van der Waals surface area contributed by atoms with Gasteiger partial charge in [0.05, 0.1) is 44.5 Å². The number of hydrogen-bond donors (Lipinski definition) is 0. The quantitative estimate of drug-likeness (QED) is 0.171. The first-order chi connectivity index (χ1) is 28.2. The first kappa shape index (κ1) is 32.9. The van der Waals surface area contributed by atoms with Gasteiger partial charge in [-0.15, -0.1) is 0 Å². The lowest BCUT2D eigenvalue weighted by molar-refractivity contribution is 0.778. The molecule has 0 saturated carbocycles. The van der Waals surface area contributed by atoms with Gasteiger partial charge in [0.1, 0.15) is 0 Å². The van der Waals surface area contributed by atoms with Crippen LogP contribution in [0, 0.1) is 5.92 Å². The molecule has 0 spiro atoms. The van der Waals surface area contributed by atoms with Gasteiger partial charge in [0.15, 0.2) is 0 Å². The van der Waals surface area contributed by atoms with Crippen molar-refractivity contribution in [3.8, 4) is 44.9 Å². The maximum atomic E-state index is 4.96. The van der Waals surface area contributed by atoms with Crippen molar-refractivity contribution in [1.82, 2.24) is 24.1 Å². The molecule has 0 N–H and O–H groups in total. The monoisotopic (exact) mass is 732 g/mol. The first-order valence-electron chi connectivity index (χ1n) is 19.4. The highest BCUT2D eigenvalue weighted by Gasteiger charge is 2.21. The summed E-state index contributed by atoms with van der Waals surface area (Å²) in [6.07, 6.45) is 10.7. The Balaban J connectivity index is 1.06. The van der Waals surface area contributed by atoms with Crippen LogP contribution in [0.3, 0.4) is 0 Å². The minimum Gasteiger partial charge on any atom is -0.308 e. The minimum absolute atomic E-state index is 0.358. The van der Waals surface area contributed by atoms with Crippen LogP contribution in [0.4, 0.5) is 0 Å². The fraction of sp³-hybridized carbons (Fsp3) is 0.0588. The van der Waals surface area contributed by atoms with Crippen molar-refractivity contribution in [2.45, 2.75) is 13.3 Å². The Hall–Kier alpha value is -7.44. The van der Waals surface area contributed by atoms with Crippen LogP contribution >= 0.6 is 0 Å². The third-order valence-electron chi connectivity index (χ3n) is 11.4. The second kappa shape index (κ2) is 13.4. The molecule has 6 heterocycles. The smallest absolute Gasteiger partial charge is 0.0963 e. The summed E-state index contributed by atoms with van der Waals surface area (Å²) in [4.78, 5) is 19.4. The maximum Gasteiger partial charge on any atom is 0.0963 e. The third-order valence-corrected chi connectivity index (χ3v) is 11.4. The van der Waals surface area contributed by atoms with Crippen LogP contribution in [0.1, 0.15) is 18.9 Å². The number of allylic oxidation sites excluding steroid dienone is 1.